The van der Waals surface area contributed by atoms with Crippen molar-refractivity contribution in [2.45, 2.75) is 89.9 Å². The average molecular weight is 419 g/mol. The molecular formula is C25H38O5. The van der Waals surface area contributed by atoms with E-state index in [-0.39, 0.29) is 5.92 Å². The standard InChI is InChI=1S/C25H38O5/c1-20(13-9-6-4-5-7-10-14-22-15-11-8-12-16-22)17-24(3)18-21(2)25(28,30-29-24)19-23(26)27/h8,10-12,14-16,20-21,28H,4-7,9,13,17-19H2,1-3H3,(H,26,27)/t20-,21-,24+,25+/m1/s1. The number of carbonyl (C=O) groups is 1. The summed E-state index contributed by atoms with van der Waals surface area (Å²) in [5.41, 5.74) is 0.760. The lowest BCUT2D eigenvalue weighted by Gasteiger charge is -2.45. The number of carboxylic acid groups (broad SMARTS) is 1. The number of aliphatic carboxylic acids is 1. The van der Waals surface area contributed by atoms with E-state index in [9.17, 15) is 9.90 Å². The van der Waals surface area contributed by atoms with Crippen LogP contribution in [0.1, 0.15) is 84.1 Å². The van der Waals surface area contributed by atoms with Crippen molar-refractivity contribution >= 4 is 12.0 Å². The van der Waals surface area contributed by atoms with E-state index in [1.807, 2.05) is 19.9 Å². The van der Waals surface area contributed by atoms with Gasteiger partial charge in [0.15, 0.2) is 0 Å². The fraction of sp³-hybridized carbons (Fsp3) is 0.640. The Bertz CT molecular complexity index is 673. The zero-order valence-corrected chi connectivity index (χ0v) is 18.7. The molecule has 4 atom stereocenters. The van der Waals surface area contributed by atoms with Gasteiger partial charge in [-0.15, -0.1) is 0 Å². The van der Waals surface area contributed by atoms with Crippen molar-refractivity contribution in [2.75, 3.05) is 0 Å². The highest BCUT2D eigenvalue weighted by Crippen LogP contribution is 2.41. The molecule has 5 heteroatoms. The van der Waals surface area contributed by atoms with Crippen molar-refractivity contribution in [3.63, 3.8) is 0 Å². The van der Waals surface area contributed by atoms with Crippen LogP contribution in [0.3, 0.4) is 0 Å². The molecule has 1 aliphatic rings. The molecule has 0 radical (unpaired) electrons. The number of allylic oxidation sites excluding steroid dienone is 1. The molecule has 0 bridgehead atoms. The highest BCUT2D eigenvalue weighted by atomic mass is 17.2. The molecule has 0 unspecified atom stereocenters. The quantitative estimate of drug-likeness (QED) is 0.323. The van der Waals surface area contributed by atoms with Crippen LogP contribution in [0.4, 0.5) is 0 Å². The second-order valence-corrected chi connectivity index (χ2v) is 9.25. The van der Waals surface area contributed by atoms with Gasteiger partial charge >= 0.3 is 5.97 Å². The predicted octanol–water partition coefficient (Wildman–Crippen LogP) is 5.98. The van der Waals surface area contributed by atoms with E-state index in [1.165, 1.54) is 31.2 Å². The molecule has 0 amide bonds. The third kappa shape index (κ3) is 8.21. The maximum atomic E-state index is 11.0. The average Bonchev–Trinajstić information content (AvgIpc) is 2.68. The minimum atomic E-state index is -1.75. The number of benzene rings is 1. The van der Waals surface area contributed by atoms with Gasteiger partial charge < -0.3 is 10.2 Å². The molecular weight excluding hydrogens is 380 g/mol. The summed E-state index contributed by atoms with van der Waals surface area (Å²) >= 11 is 0. The third-order valence-electron chi connectivity index (χ3n) is 6.01. The molecule has 1 saturated heterocycles. The monoisotopic (exact) mass is 418 g/mol. The number of rotatable bonds is 12. The van der Waals surface area contributed by atoms with Crippen LogP contribution in [-0.2, 0) is 14.6 Å². The predicted molar refractivity (Wildman–Crippen MR) is 119 cm³/mol. The molecule has 1 heterocycles. The van der Waals surface area contributed by atoms with E-state index in [1.54, 1.807) is 0 Å². The van der Waals surface area contributed by atoms with Crippen molar-refractivity contribution in [1.82, 2.24) is 0 Å². The maximum Gasteiger partial charge on any atom is 0.308 e. The zero-order chi connectivity index (χ0) is 22.0. The van der Waals surface area contributed by atoms with Gasteiger partial charge in [0.1, 0.15) is 12.0 Å². The van der Waals surface area contributed by atoms with E-state index in [4.69, 9.17) is 14.9 Å². The van der Waals surface area contributed by atoms with E-state index in [0.29, 0.717) is 12.3 Å². The first-order valence-corrected chi connectivity index (χ1v) is 11.2. The molecule has 0 aliphatic carbocycles. The van der Waals surface area contributed by atoms with Crippen molar-refractivity contribution in [3.8, 4) is 0 Å². The summed E-state index contributed by atoms with van der Waals surface area (Å²) in [6.45, 7) is 6.03. The number of carboxylic acids is 1. The number of hydrogen-bond donors (Lipinski definition) is 2. The van der Waals surface area contributed by atoms with Crippen LogP contribution in [0, 0.1) is 11.8 Å². The first kappa shape index (κ1) is 24.6. The molecule has 0 aromatic heterocycles. The summed E-state index contributed by atoms with van der Waals surface area (Å²) in [5.74, 6) is -2.66. The number of unbranched alkanes of at least 4 members (excludes halogenated alkanes) is 4. The summed E-state index contributed by atoms with van der Waals surface area (Å²) in [5, 5.41) is 19.3. The molecule has 2 rings (SSSR count). The minimum Gasteiger partial charge on any atom is -0.481 e. The van der Waals surface area contributed by atoms with Gasteiger partial charge in [0.25, 0.3) is 0 Å². The Morgan fingerprint density at radius 3 is 2.57 bits per heavy atom. The van der Waals surface area contributed by atoms with Gasteiger partial charge in [-0.2, -0.15) is 4.89 Å². The van der Waals surface area contributed by atoms with Gasteiger partial charge in [0.05, 0.1) is 0 Å². The Hall–Kier alpha value is -1.69. The van der Waals surface area contributed by atoms with Crippen LogP contribution in [0.15, 0.2) is 36.4 Å². The van der Waals surface area contributed by atoms with Crippen LogP contribution in [0.5, 0.6) is 0 Å². The van der Waals surface area contributed by atoms with Crippen LogP contribution < -0.4 is 0 Å². The first-order chi connectivity index (χ1) is 14.2. The van der Waals surface area contributed by atoms with Gasteiger partial charge in [-0.1, -0.05) is 82.0 Å². The topological polar surface area (TPSA) is 76.0 Å². The molecule has 0 spiro atoms. The summed E-state index contributed by atoms with van der Waals surface area (Å²) in [6.07, 6.45) is 12.5. The first-order valence-electron chi connectivity index (χ1n) is 11.2. The van der Waals surface area contributed by atoms with Gasteiger partial charge in [-0.3, -0.25) is 4.79 Å². The lowest BCUT2D eigenvalue weighted by atomic mass is 9.79. The minimum absolute atomic E-state index is 0.302. The Labute approximate surface area is 181 Å². The fourth-order valence-electron chi connectivity index (χ4n) is 4.37. The van der Waals surface area contributed by atoms with E-state index in [0.717, 1.165) is 19.3 Å². The number of hydrogen-bond acceptors (Lipinski definition) is 4. The third-order valence-corrected chi connectivity index (χ3v) is 6.01. The Morgan fingerprint density at radius 1 is 1.20 bits per heavy atom. The summed E-state index contributed by atoms with van der Waals surface area (Å²) < 4.78 is 0. The molecule has 1 fully saturated rings. The second-order valence-electron chi connectivity index (χ2n) is 9.25. The molecule has 168 valence electrons. The summed E-state index contributed by atoms with van der Waals surface area (Å²) in [4.78, 5) is 21.6. The van der Waals surface area contributed by atoms with Crippen molar-refractivity contribution in [1.29, 1.82) is 0 Å². The van der Waals surface area contributed by atoms with Crippen molar-refractivity contribution < 1.29 is 24.8 Å². The molecule has 1 aliphatic heterocycles. The Kier molecular flexibility index (Phi) is 9.53. The van der Waals surface area contributed by atoms with Gasteiger partial charge in [-0.25, -0.2) is 4.89 Å². The normalized spacial score (nSPS) is 27.9. The Balaban J connectivity index is 1.60. The SMILES string of the molecule is C[C@H](CCCCCCC=Cc1ccccc1)C[C@@]1(C)C[C@@H](C)[C@](O)(CC(=O)O)OO1. The molecule has 30 heavy (non-hydrogen) atoms. The highest BCUT2D eigenvalue weighted by molar-refractivity contribution is 5.67. The summed E-state index contributed by atoms with van der Waals surface area (Å²) in [7, 11) is 0. The summed E-state index contributed by atoms with van der Waals surface area (Å²) in [6, 6.07) is 10.4. The van der Waals surface area contributed by atoms with E-state index in [2.05, 4.69) is 43.3 Å². The fourth-order valence-corrected chi connectivity index (χ4v) is 4.37. The van der Waals surface area contributed by atoms with Crippen molar-refractivity contribution in [3.05, 3.63) is 42.0 Å². The van der Waals surface area contributed by atoms with Gasteiger partial charge in [-0.05, 0) is 44.1 Å². The Morgan fingerprint density at radius 2 is 1.90 bits per heavy atom. The van der Waals surface area contributed by atoms with E-state index >= 15 is 0 Å². The maximum absolute atomic E-state index is 11.0. The number of aliphatic hydroxyl groups is 1. The smallest absolute Gasteiger partial charge is 0.308 e. The molecule has 1 aromatic rings. The van der Waals surface area contributed by atoms with Gasteiger partial charge in [0.2, 0.25) is 5.79 Å². The van der Waals surface area contributed by atoms with Crippen LogP contribution in [0.2, 0.25) is 0 Å². The van der Waals surface area contributed by atoms with E-state index < -0.39 is 23.8 Å². The molecule has 5 nitrogen and oxygen atoms in total. The molecule has 1 aromatic carbocycles. The highest BCUT2D eigenvalue weighted by Gasteiger charge is 2.49. The molecule has 2 N–H and O–H groups in total. The molecule has 0 saturated carbocycles. The van der Waals surface area contributed by atoms with Crippen LogP contribution in [-0.4, -0.2) is 27.6 Å². The largest absolute Gasteiger partial charge is 0.481 e. The van der Waals surface area contributed by atoms with Crippen molar-refractivity contribution in [2.24, 2.45) is 11.8 Å². The zero-order valence-electron chi connectivity index (χ0n) is 18.7. The lowest BCUT2D eigenvalue weighted by molar-refractivity contribution is -0.497. The van der Waals surface area contributed by atoms with Crippen LogP contribution in [0.25, 0.3) is 6.08 Å². The van der Waals surface area contributed by atoms with Gasteiger partial charge in [0, 0.05) is 5.92 Å². The lowest BCUT2D eigenvalue weighted by Crippen LogP contribution is -2.52. The van der Waals surface area contributed by atoms with Crippen LogP contribution >= 0.6 is 0 Å². The second kappa shape index (κ2) is 11.6.